The van der Waals surface area contributed by atoms with Crippen LogP contribution in [0, 0.1) is 0 Å². The predicted octanol–water partition coefficient (Wildman–Crippen LogP) is 3.10. The lowest BCUT2D eigenvalue weighted by Crippen LogP contribution is -2.43. The Bertz CT molecular complexity index is 629. The molecule has 0 aromatic heterocycles. The molecule has 1 aromatic carbocycles. The number of likely N-dealkylation sites (tertiary alicyclic amines) is 1. The molecule has 4 nitrogen and oxygen atoms in total. The van der Waals surface area contributed by atoms with Gasteiger partial charge in [0.05, 0.1) is 5.25 Å². The summed E-state index contributed by atoms with van der Waals surface area (Å²) in [4.78, 5) is 14.8. The second-order valence-corrected chi connectivity index (χ2v) is 8.99. The van der Waals surface area contributed by atoms with Crippen LogP contribution in [0.2, 0.25) is 0 Å². The van der Waals surface area contributed by atoms with Crippen LogP contribution in [-0.2, 0) is 14.6 Å². The van der Waals surface area contributed by atoms with E-state index in [2.05, 4.69) is 0 Å². The molecule has 2 fully saturated rings. The molecule has 1 amide bonds. The third-order valence-corrected chi connectivity index (χ3v) is 7.62. The largest absolute Gasteiger partial charge is 0.341 e. The smallest absolute Gasteiger partial charge is 0.245 e. The third-order valence-electron chi connectivity index (χ3n) is 5.09. The van der Waals surface area contributed by atoms with Crippen molar-refractivity contribution in [3.05, 3.63) is 35.9 Å². The minimum Gasteiger partial charge on any atom is -0.341 e. The van der Waals surface area contributed by atoms with Crippen molar-refractivity contribution in [2.24, 2.45) is 0 Å². The summed E-state index contributed by atoms with van der Waals surface area (Å²) < 4.78 is 26.3. The summed E-state index contributed by atoms with van der Waals surface area (Å²) in [6, 6.07) is 9.04. The number of hydrogen-bond donors (Lipinski definition) is 0. The number of benzene rings is 1. The maximum absolute atomic E-state index is 13.2. The minimum atomic E-state index is -3.49. The highest BCUT2D eigenvalue weighted by Gasteiger charge is 2.42. The van der Waals surface area contributed by atoms with Crippen molar-refractivity contribution in [3.63, 3.8) is 0 Å². The number of carbonyl (C=O) groups is 1. The number of rotatable bonds is 4. The molecule has 2 aliphatic rings. The van der Waals surface area contributed by atoms with E-state index in [1.807, 2.05) is 18.2 Å². The van der Waals surface area contributed by atoms with Crippen molar-refractivity contribution < 1.29 is 13.2 Å². The first-order valence-electron chi connectivity index (χ1n) is 8.67. The fraction of sp³-hybridized carbons (Fsp3) is 0.611. The minimum absolute atomic E-state index is 0.220. The van der Waals surface area contributed by atoms with Gasteiger partial charge in [-0.15, -0.1) is 0 Å². The van der Waals surface area contributed by atoms with E-state index in [9.17, 15) is 13.2 Å². The van der Waals surface area contributed by atoms with Gasteiger partial charge in [0.15, 0.2) is 15.1 Å². The van der Waals surface area contributed by atoms with Gasteiger partial charge in [0.2, 0.25) is 5.91 Å². The Morgan fingerprint density at radius 2 is 1.57 bits per heavy atom. The van der Waals surface area contributed by atoms with Crippen molar-refractivity contribution in [2.45, 2.75) is 55.4 Å². The Morgan fingerprint density at radius 3 is 2.17 bits per heavy atom. The zero-order chi connectivity index (χ0) is 16.3. The van der Waals surface area contributed by atoms with Crippen molar-refractivity contribution in [1.29, 1.82) is 0 Å². The molecule has 1 saturated heterocycles. The fourth-order valence-corrected chi connectivity index (χ4v) is 6.13. The predicted molar refractivity (Wildman–Crippen MR) is 90.8 cm³/mol. The average molecular weight is 335 g/mol. The Kier molecular flexibility index (Phi) is 5.05. The molecular weight excluding hydrogens is 310 g/mol. The summed E-state index contributed by atoms with van der Waals surface area (Å²) in [5.41, 5.74) is 0.620. The van der Waals surface area contributed by atoms with Gasteiger partial charge in [0.25, 0.3) is 0 Å². The van der Waals surface area contributed by atoms with E-state index in [0.717, 1.165) is 32.1 Å². The van der Waals surface area contributed by atoms with Gasteiger partial charge in [-0.1, -0.05) is 43.2 Å². The van der Waals surface area contributed by atoms with Gasteiger partial charge in [-0.2, -0.15) is 0 Å². The van der Waals surface area contributed by atoms with Gasteiger partial charge in [-0.3, -0.25) is 4.79 Å². The summed E-state index contributed by atoms with van der Waals surface area (Å²) in [6.45, 7) is 1.37. The normalized spacial score (nSPS) is 21.3. The SMILES string of the molecule is O=C(C(c1ccccc1)S(=O)(=O)C1CCCC1)N1CCCCC1. The second-order valence-electron chi connectivity index (χ2n) is 6.67. The molecule has 1 saturated carbocycles. The van der Waals surface area contributed by atoms with E-state index in [0.29, 0.717) is 31.5 Å². The van der Waals surface area contributed by atoms with Crippen molar-refractivity contribution >= 4 is 15.7 Å². The number of carbonyl (C=O) groups excluding carboxylic acids is 1. The lowest BCUT2D eigenvalue weighted by molar-refractivity contribution is -0.131. The second kappa shape index (κ2) is 7.04. The first kappa shape index (κ1) is 16.5. The number of piperidine rings is 1. The van der Waals surface area contributed by atoms with E-state index in [1.54, 1.807) is 17.0 Å². The number of nitrogens with zero attached hydrogens (tertiary/aromatic N) is 1. The van der Waals surface area contributed by atoms with Crippen LogP contribution in [0.4, 0.5) is 0 Å². The molecule has 0 N–H and O–H groups in total. The quantitative estimate of drug-likeness (QED) is 0.849. The molecule has 0 radical (unpaired) electrons. The molecule has 0 spiro atoms. The summed E-state index contributed by atoms with van der Waals surface area (Å²) >= 11 is 0. The van der Waals surface area contributed by atoms with Gasteiger partial charge < -0.3 is 4.90 Å². The van der Waals surface area contributed by atoms with E-state index in [4.69, 9.17) is 0 Å². The average Bonchev–Trinajstić information content (AvgIpc) is 3.12. The van der Waals surface area contributed by atoms with Gasteiger partial charge >= 0.3 is 0 Å². The van der Waals surface area contributed by atoms with Gasteiger partial charge in [-0.25, -0.2) is 8.42 Å². The lowest BCUT2D eigenvalue weighted by Gasteiger charge is -2.31. The van der Waals surface area contributed by atoms with Crippen molar-refractivity contribution in [2.75, 3.05) is 13.1 Å². The highest BCUT2D eigenvalue weighted by molar-refractivity contribution is 7.93. The maximum atomic E-state index is 13.2. The molecule has 1 unspecified atom stereocenters. The maximum Gasteiger partial charge on any atom is 0.245 e. The number of amides is 1. The van der Waals surface area contributed by atoms with Crippen LogP contribution >= 0.6 is 0 Å². The lowest BCUT2D eigenvalue weighted by atomic mass is 10.1. The first-order valence-corrected chi connectivity index (χ1v) is 10.3. The Morgan fingerprint density at radius 1 is 0.957 bits per heavy atom. The summed E-state index contributed by atoms with van der Waals surface area (Å²) in [6.07, 6.45) is 6.34. The molecule has 0 bridgehead atoms. The molecule has 1 aliphatic carbocycles. The van der Waals surface area contributed by atoms with E-state index >= 15 is 0 Å². The van der Waals surface area contributed by atoms with E-state index < -0.39 is 15.1 Å². The molecule has 1 aliphatic heterocycles. The van der Waals surface area contributed by atoms with Gasteiger partial charge in [-0.05, 0) is 37.7 Å². The highest BCUT2D eigenvalue weighted by Crippen LogP contribution is 2.35. The Labute approximate surface area is 138 Å². The van der Waals surface area contributed by atoms with E-state index in [-0.39, 0.29) is 11.2 Å². The topological polar surface area (TPSA) is 54.5 Å². The first-order chi connectivity index (χ1) is 11.1. The summed E-state index contributed by atoms with van der Waals surface area (Å²) in [5, 5.41) is -1.38. The summed E-state index contributed by atoms with van der Waals surface area (Å²) in [5.74, 6) is -0.220. The monoisotopic (exact) mass is 335 g/mol. The molecule has 1 aromatic rings. The molecular formula is C18H25NO3S. The van der Waals surface area contributed by atoms with Crippen LogP contribution in [0.1, 0.15) is 55.8 Å². The highest BCUT2D eigenvalue weighted by atomic mass is 32.2. The Balaban J connectivity index is 1.95. The molecule has 3 rings (SSSR count). The molecule has 5 heteroatoms. The fourth-order valence-electron chi connectivity index (χ4n) is 3.79. The Hall–Kier alpha value is -1.36. The number of hydrogen-bond acceptors (Lipinski definition) is 3. The van der Waals surface area contributed by atoms with Crippen LogP contribution in [0.5, 0.6) is 0 Å². The van der Waals surface area contributed by atoms with Crippen LogP contribution < -0.4 is 0 Å². The molecule has 1 atom stereocenters. The molecule has 126 valence electrons. The van der Waals surface area contributed by atoms with Crippen molar-refractivity contribution in [3.8, 4) is 0 Å². The van der Waals surface area contributed by atoms with Crippen LogP contribution in [-0.4, -0.2) is 37.6 Å². The zero-order valence-electron chi connectivity index (χ0n) is 13.5. The van der Waals surface area contributed by atoms with Crippen LogP contribution in [0.25, 0.3) is 0 Å². The zero-order valence-corrected chi connectivity index (χ0v) is 14.3. The van der Waals surface area contributed by atoms with Gasteiger partial charge in [0, 0.05) is 13.1 Å². The van der Waals surface area contributed by atoms with E-state index in [1.165, 1.54) is 0 Å². The molecule has 1 heterocycles. The summed E-state index contributed by atoms with van der Waals surface area (Å²) in [7, 11) is -3.49. The van der Waals surface area contributed by atoms with Crippen LogP contribution in [0.3, 0.4) is 0 Å². The standard InChI is InChI=1S/C18H25NO3S/c20-18(19-13-7-2-8-14-19)17(15-9-3-1-4-10-15)23(21,22)16-11-5-6-12-16/h1,3-4,9-10,16-17H,2,5-8,11-14H2. The third kappa shape index (κ3) is 3.44. The van der Waals surface area contributed by atoms with Crippen LogP contribution in [0.15, 0.2) is 30.3 Å². The van der Waals surface area contributed by atoms with Crippen molar-refractivity contribution in [1.82, 2.24) is 4.90 Å². The van der Waals surface area contributed by atoms with Gasteiger partial charge in [0.1, 0.15) is 0 Å². The molecule has 23 heavy (non-hydrogen) atoms. The number of sulfone groups is 1.